The maximum atomic E-state index is 12.3. The van der Waals surface area contributed by atoms with Gasteiger partial charge in [0, 0.05) is 31.7 Å². The lowest BCUT2D eigenvalue weighted by Gasteiger charge is -2.32. The van der Waals surface area contributed by atoms with Gasteiger partial charge in [-0.3, -0.25) is 4.79 Å². The number of benzene rings is 1. The number of piperazine rings is 1. The lowest BCUT2D eigenvalue weighted by Crippen LogP contribution is -2.47. The number of carbonyl (C=O) groups is 1. The van der Waals surface area contributed by atoms with Gasteiger partial charge >= 0.3 is 0 Å². The van der Waals surface area contributed by atoms with Crippen molar-refractivity contribution in [2.24, 2.45) is 0 Å². The summed E-state index contributed by atoms with van der Waals surface area (Å²) in [5, 5.41) is 0. The van der Waals surface area contributed by atoms with E-state index in [1.165, 1.54) is 5.56 Å². The molecule has 1 saturated heterocycles. The van der Waals surface area contributed by atoms with Crippen LogP contribution in [0.2, 0.25) is 0 Å². The minimum absolute atomic E-state index is 0.157. The van der Waals surface area contributed by atoms with Crippen LogP contribution in [0.5, 0.6) is 0 Å². The van der Waals surface area contributed by atoms with Crippen molar-refractivity contribution < 1.29 is 4.79 Å². The largest absolute Gasteiger partial charge is 0.336 e. The monoisotopic (exact) mass is 245 g/mol. The van der Waals surface area contributed by atoms with Crippen LogP contribution in [0.3, 0.4) is 0 Å². The van der Waals surface area contributed by atoms with Gasteiger partial charge in [-0.15, -0.1) is 0 Å². The Morgan fingerprint density at radius 2 is 1.78 bits per heavy atom. The van der Waals surface area contributed by atoms with Crippen molar-refractivity contribution in [2.45, 2.75) is 12.8 Å². The van der Waals surface area contributed by atoms with Gasteiger partial charge in [-0.2, -0.15) is 0 Å². The van der Waals surface area contributed by atoms with Crippen LogP contribution in [-0.4, -0.2) is 48.9 Å². The molecule has 0 unspecified atom stereocenters. The number of likely N-dealkylation sites (N-methyl/N-ethyl adjacent to an activating group) is 1. The first kappa shape index (κ1) is 13.1. The standard InChI is InChI=1S/C15H21N2O/c1-3-4-13-5-7-14(8-6-13)15(18)17-11-9-16(2)10-12-17/h5-8H,1,3-4,9-12H2,2H3. The third-order valence-corrected chi connectivity index (χ3v) is 3.46. The van der Waals surface area contributed by atoms with E-state index in [-0.39, 0.29) is 5.91 Å². The highest BCUT2D eigenvalue weighted by molar-refractivity contribution is 5.94. The third kappa shape index (κ3) is 3.10. The molecule has 3 heteroatoms. The summed E-state index contributed by atoms with van der Waals surface area (Å²) >= 11 is 0. The Kier molecular flexibility index (Phi) is 4.37. The van der Waals surface area contributed by atoms with Gasteiger partial charge in [0.2, 0.25) is 0 Å². The Bertz CT molecular complexity index is 391. The quantitative estimate of drug-likeness (QED) is 0.811. The Labute approximate surface area is 109 Å². The zero-order valence-corrected chi connectivity index (χ0v) is 11.1. The zero-order chi connectivity index (χ0) is 13.0. The Hall–Kier alpha value is -1.35. The van der Waals surface area contributed by atoms with E-state index >= 15 is 0 Å². The van der Waals surface area contributed by atoms with Gasteiger partial charge in [-0.1, -0.05) is 19.1 Å². The molecule has 1 radical (unpaired) electrons. The summed E-state index contributed by atoms with van der Waals surface area (Å²) in [6.45, 7) is 7.43. The molecule has 3 nitrogen and oxygen atoms in total. The first-order valence-corrected chi connectivity index (χ1v) is 6.56. The first-order valence-electron chi connectivity index (χ1n) is 6.56. The number of hydrogen-bond donors (Lipinski definition) is 0. The van der Waals surface area contributed by atoms with E-state index in [9.17, 15) is 4.79 Å². The van der Waals surface area contributed by atoms with Crippen LogP contribution in [-0.2, 0) is 6.42 Å². The highest BCUT2D eigenvalue weighted by atomic mass is 16.2. The number of amides is 1. The lowest BCUT2D eigenvalue weighted by atomic mass is 10.1. The van der Waals surface area contributed by atoms with Gasteiger partial charge in [0.1, 0.15) is 0 Å². The van der Waals surface area contributed by atoms with Crippen LogP contribution in [0.25, 0.3) is 0 Å². The normalized spacial score (nSPS) is 16.9. The number of carbonyl (C=O) groups excluding carboxylic acids is 1. The van der Waals surface area contributed by atoms with E-state index in [4.69, 9.17) is 0 Å². The molecule has 1 amide bonds. The number of nitrogens with zero attached hydrogens (tertiary/aromatic N) is 2. The maximum Gasteiger partial charge on any atom is 0.253 e. The average molecular weight is 245 g/mol. The molecule has 0 aliphatic carbocycles. The third-order valence-electron chi connectivity index (χ3n) is 3.46. The molecular formula is C15H21N2O. The number of hydrogen-bond acceptors (Lipinski definition) is 2. The highest BCUT2D eigenvalue weighted by Gasteiger charge is 2.19. The van der Waals surface area contributed by atoms with Crippen LogP contribution in [0.4, 0.5) is 0 Å². The lowest BCUT2D eigenvalue weighted by molar-refractivity contribution is 0.0664. The molecular weight excluding hydrogens is 224 g/mol. The van der Waals surface area contributed by atoms with Crippen molar-refractivity contribution in [1.82, 2.24) is 9.80 Å². The summed E-state index contributed by atoms with van der Waals surface area (Å²) in [5.74, 6) is 0.157. The van der Waals surface area contributed by atoms with Crippen molar-refractivity contribution in [3.05, 3.63) is 42.3 Å². The molecule has 1 fully saturated rings. The van der Waals surface area contributed by atoms with Crippen molar-refractivity contribution in [1.29, 1.82) is 0 Å². The fourth-order valence-electron chi connectivity index (χ4n) is 2.21. The van der Waals surface area contributed by atoms with Gasteiger partial charge in [0.05, 0.1) is 0 Å². The summed E-state index contributed by atoms with van der Waals surface area (Å²) in [6.07, 6.45) is 1.87. The van der Waals surface area contributed by atoms with E-state index in [0.29, 0.717) is 0 Å². The molecule has 1 heterocycles. The smallest absolute Gasteiger partial charge is 0.253 e. The van der Waals surface area contributed by atoms with E-state index in [0.717, 1.165) is 44.6 Å². The van der Waals surface area contributed by atoms with Crippen LogP contribution >= 0.6 is 0 Å². The molecule has 0 saturated carbocycles. The second kappa shape index (κ2) is 6.01. The molecule has 1 aliphatic heterocycles. The number of aryl methyl sites for hydroxylation is 1. The summed E-state index contributed by atoms with van der Waals surface area (Å²) in [5.41, 5.74) is 2.05. The van der Waals surface area contributed by atoms with Crippen LogP contribution < -0.4 is 0 Å². The van der Waals surface area contributed by atoms with E-state index in [1.807, 2.05) is 29.2 Å². The van der Waals surface area contributed by atoms with Crippen molar-refractivity contribution in [3.8, 4) is 0 Å². The molecule has 18 heavy (non-hydrogen) atoms. The minimum atomic E-state index is 0.157. The highest BCUT2D eigenvalue weighted by Crippen LogP contribution is 2.11. The van der Waals surface area contributed by atoms with Gasteiger partial charge in [-0.05, 0) is 37.6 Å². The maximum absolute atomic E-state index is 12.3. The second-order valence-electron chi connectivity index (χ2n) is 4.90. The van der Waals surface area contributed by atoms with Crippen LogP contribution in [0.15, 0.2) is 24.3 Å². The average Bonchev–Trinajstić information content (AvgIpc) is 2.40. The Balaban J connectivity index is 2.00. The molecule has 0 bridgehead atoms. The number of rotatable bonds is 3. The summed E-state index contributed by atoms with van der Waals surface area (Å²) in [6, 6.07) is 7.94. The topological polar surface area (TPSA) is 23.6 Å². The summed E-state index contributed by atoms with van der Waals surface area (Å²) < 4.78 is 0. The molecule has 1 aromatic carbocycles. The fraction of sp³-hybridized carbons (Fsp3) is 0.467. The van der Waals surface area contributed by atoms with Gasteiger partial charge in [0.25, 0.3) is 5.91 Å². The first-order chi connectivity index (χ1) is 8.70. The molecule has 2 rings (SSSR count). The molecule has 1 aliphatic rings. The van der Waals surface area contributed by atoms with E-state index in [1.54, 1.807) is 0 Å². The van der Waals surface area contributed by atoms with Crippen LogP contribution in [0.1, 0.15) is 22.3 Å². The second-order valence-corrected chi connectivity index (χ2v) is 4.90. The summed E-state index contributed by atoms with van der Waals surface area (Å²) in [4.78, 5) is 16.5. The Morgan fingerprint density at radius 3 is 2.33 bits per heavy atom. The summed E-state index contributed by atoms with van der Waals surface area (Å²) in [7, 11) is 2.09. The van der Waals surface area contributed by atoms with Crippen molar-refractivity contribution >= 4 is 5.91 Å². The van der Waals surface area contributed by atoms with E-state index in [2.05, 4.69) is 18.9 Å². The zero-order valence-electron chi connectivity index (χ0n) is 11.1. The molecule has 0 atom stereocenters. The predicted octanol–water partition coefficient (Wildman–Crippen LogP) is 1.84. The molecule has 0 N–H and O–H groups in total. The van der Waals surface area contributed by atoms with Gasteiger partial charge in [0.15, 0.2) is 0 Å². The van der Waals surface area contributed by atoms with E-state index < -0.39 is 0 Å². The molecule has 97 valence electrons. The SMILES string of the molecule is [CH2]CCc1ccc(C(=O)N2CCN(C)CC2)cc1. The minimum Gasteiger partial charge on any atom is -0.336 e. The van der Waals surface area contributed by atoms with Gasteiger partial charge < -0.3 is 9.80 Å². The van der Waals surface area contributed by atoms with Crippen LogP contribution in [0, 0.1) is 6.92 Å². The molecule has 0 aromatic heterocycles. The predicted molar refractivity (Wildman–Crippen MR) is 73.5 cm³/mol. The fourth-order valence-corrected chi connectivity index (χ4v) is 2.21. The molecule has 0 spiro atoms. The molecule has 1 aromatic rings. The van der Waals surface area contributed by atoms with Crippen molar-refractivity contribution in [3.63, 3.8) is 0 Å². The van der Waals surface area contributed by atoms with Crippen molar-refractivity contribution in [2.75, 3.05) is 33.2 Å². The Morgan fingerprint density at radius 1 is 1.17 bits per heavy atom. The van der Waals surface area contributed by atoms with Gasteiger partial charge in [-0.25, -0.2) is 0 Å².